The zero-order valence-electron chi connectivity index (χ0n) is 19.7. The highest BCUT2D eigenvalue weighted by molar-refractivity contribution is 6.06. The van der Waals surface area contributed by atoms with Crippen molar-refractivity contribution in [1.29, 1.82) is 0 Å². The molecule has 0 aliphatic carbocycles. The topological polar surface area (TPSA) is 154 Å². The van der Waals surface area contributed by atoms with Crippen molar-refractivity contribution in [3.05, 3.63) is 52.6 Å². The maximum atomic E-state index is 13.3. The predicted octanol–water partition coefficient (Wildman–Crippen LogP) is 0.691. The molecule has 0 bridgehead atoms. The molecule has 0 spiro atoms. The molecule has 0 saturated carbocycles. The van der Waals surface area contributed by atoms with Gasteiger partial charge < -0.3 is 30.2 Å². The number of primary amides is 1. The molecular formula is C23H26FN3O8. The molecule has 1 aromatic rings. The molecule has 2 amide bonds. The van der Waals surface area contributed by atoms with Crippen molar-refractivity contribution in [2.24, 2.45) is 11.7 Å². The van der Waals surface area contributed by atoms with Gasteiger partial charge >= 0.3 is 17.9 Å². The van der Waals surface area contributed by atoms with Gasteiger partial charge in [-0.1, -0.05) is 0 Å². The van der Waals surface area contributed by atoms with Crippen LogP contribution in [0.3, 0.4) is 0 Å². The van der Waals surface area contributed by atoms with Crippen LogP contribution in [0.1, 0.15) is 20.3 Å². The maximum Gasteiger partial charge on any atom is 0.336 e. The standard InChI is InChI=1S/C23H26FN3O8/c1-12-18(21(30)33-3)20(19(13(2)26-12)22(31)34-4)23(32)35-11-17(29)27(10-9-16(25)28)15-7-5-14(24)6-8-15/h5-8,20,26H,9-11H2,1-4H3,(H2,25,28). The van der Waals surface area contributed by atoms with E-state index in [2.05, 4.69) is 5.32 Å². The van der Waals surface area contributed by atoms with Crippen molar-refractivity contribution < 1.29 is 42.6 Å². The Kier molecular flexibility index (Phi) is 9.09. The molecule has 0 aromatic heterocycles. The molecule has 1 heterocycles. The fraction of sp³-hybridized carbons (Fsp3) is 0.348. The van der Waals surface area contributed by atoms with Crippen molar-refractivity contribution in [3.8, 4) is 0 Å². The van der Waals surface area contributed by atoms with Crippen molar-refractivity contribution in [2.75, 3.05) is 32.3 Å². The van der Waals surface area contributed by atoms with E-state index in [0.29, 0.717) is 0 Å². The van der Waals surface area contributed by atoms with E-state index in [1.54, 1.807) is 0 Å². The van der Waals surface area contributed by atoms with Crippen LogP contribution in [-0.2, 0) is 38.2 Å². The van der Waals surface area contributed by atoms with Crippen LogP contribution in [0.25, 0.3) is 0 Å². The number of hydrogen-bond acceptors (Lipinski definition) is 9. The van der Waals surface area contributed by atoms with Gasteiger partial charge in [0.1, 0.15) is 11.7 Å². The Morgan fingerprint density at radius 1 is 0.971 bits per heavy atom. The van der Waals surface area contributed by atoms with Gasteiger partial charge in [0, 0.05) is 30.0 Å². The lowest BCUT2D eigenvalue weighted by Gasteiger charge is -2.28. The number of carbonyl (C=O) groups excluding carboxylic acids is 5. The first-order valence-corrected chi connectivity index (χ1v) is 10.4. The van der Waals surface area contributed by atoms with Crippen LogP contribution in [-0.4, -0.2) is 57.1 Å². The number of nitrogens with one attached hydrogen (secondary N) is 1. The van der Waals surface area contributed by atoms with Crippen LogP contribution in [0, 0.1) is 11.7 Å². The van der Waals surface area contributed by atoms with Gasteiger partial charge in [0.05, 0.1) is 25.4 Å². The number of nitrogens with zero attached hydrogens (tertiary/aromatic N) is 1. The molecule has 1 aliphatic rings. The minimum Gasteiger partial charge on any atom is -0.466 e. The molecule has 0 atom stereocenters. The fourth-order valence-electron chi connectivity index (χ4n) is 3.53. The molecule has 12 heteroatoms. The molecule has 1 aromatic carbocycles. The summed E-state index contributed by atoms with van der Waals surface area (Å²) in [6, 6.07) is 4.86. The number of anilines is 1. The van der Waals surface area contributed by atoms with Gasteiger partial charge in [0.2, 0.25) is 5.91 Å². The van der Waals surface area contributed by atoms with Crippen LogP contribution in [0.15, 0.2) is 46.8 Å². The lowest BCUT2D eigenvalue weighted by Crippen LogP contribution is -2.40. The first-order valence-electron chi connectivity index (χ1n) is 10.4. The van der Waals surface area contributed by atoms with Crippen LogP contribution < -0.4 is 16.0 Å². The zero-order chi connectivity index (χ0) is 26.3. The van der Waals surface area contributed by atoms with Gasteiger partial charge in [0.15, 0.2) is 6.61 Å². The van der Waals surface area contributed by atoms with E-state index in [9.17, 15) is 28.4 Å². The highest BCUT2D eigenvalue weighted by Gasteiger charge is 2.42. The molecule has 0 saturated heterocycles. The number of halogens is 1. The van der Waals surface area contributed by atoms with Crippen LogP contribution in [0.5, 0.6) is 0 Å². The highest BCUT2D eigenvalue weighted by atomic mass is 19.1. The number of esters is 3. The van der Waals surface area contributed by atoms with Crippen LogP contribution >= 0.6 is 0 Å². The number of allylic oxidation sites excluding steroid dienone is 2. The van der Waals surface area contributed by atoms with Gasteiger partial charge in [-0.15, -0.1) is 0 Å². The summed E-state index contributed by atoms with van der Waals surface area (Å²) in [5.74, 6) is -6.33. The Balaban J connectivity index is 2.32. The normalized spacial score (nSPS) is 13.6. The summed E-state index contributed by atoms with van der Waals surface area (Å²) in [6.45, 7) is 2.06. The van der Waals surface area contributed by atoms with E-state index in [1.165, 1.54) is 26.0 Å². The monoisotopic (exact) mass is 491 g/mol. The summed E-state index contributed by atoms with van der Waals surface area (Å²) in [6.07, 6.45) is -0.200. The number of ether oxygens (including phenoxy) is 3. The first-order chi connectivity index (χ1) is 16.5. The second-order valence-corrected chi connectivity index (χ2v) is 7.46. The Morgan fingerprint density at radius 3 is 1.94 bits per heavy atom. The molecule has 35 heavy (non-hydrogen) atoms. The van der Waals surface area contributed by atoms with E-state index < -0.39 is 48.1 Å². The summed E-state index contributed by atoms with van der Waals surface area (Å²) < 4.78 is 28.0. The SMILES string of the molecule is COC(=O)C1=C(C)NC(C)=C(C(=O)OC)C1C(=O)OCC(=O)N(CCC(N)=O)c1ccc(F)cc1. The van der Waals surface area contributed by atoms with Crippen molar-refractivity contribution in [3.63, 3.8) is 0 Å². The number of hydrogen-bond donors (Lipinski definition) is 2. The second kappa shape index (κ2) is 11.8. The second-order valence-electron chi connectivity index (χ2n) is 7.46. The number of carbonyl (C=O) groups is 5. The van der Waals surface area contributed by atoms with Crippen LogP contribution in [0.4, 0.5) is 10.1 Å². The number of benzene rings is 1. The molecular weight excluding hydrogens is 465 g/mol. The lowest BCUT2D eigenvalue weighted by atomic mass is 9.85. The van der Waals surface area contributed by atoms with Crippen molar-refractivity contribution >= 4 is 35.4 Å². The number of nitrogens with two attached hydrogens (primary N) is 1. The summed E-state index contributed by atoms with van der Waals surface area (Å²) in [7, 11) is 2.22. The number of dihydropyridines is 1. The van der Waals surface area contributed by atoms with Gasteiger partial charge in [-0.3, -0.25) is 14.4 Å². The fourth-order valence-corrected chi connectivity index (χ4v) is 3.53. The van der Waals surface area contributed by atoms with Crippen molar-refractivity contribution in [2.45, 2.75) is 20.3 Å². The Hall–Kier alpha value is -4.22. The first kappa shape index (κ1) is 27.0. The molecule has 11 nitrogen and oxygen atoms in total. The smallest absolute Gasteiger partial charge is 0.336 e. The van der Waals surface area contributed by atoms with Gasteiger partial charge in [-0.25, -0.2) is 14.0 Å². The molecule has 0 unspecified atom stereocenters. The Bertz CT molecular complexity index is 1060. The third kappa shape index (κ3) is 6.43. The summed E-state index contributed by atoms with van der Waals surface area (Å²) in [5.41, 5.74) is 5.57. The largest absolute Gasteiger partial charge is 0.466 e. The molecule has 0 fully saturated rings. The number of amides is 2. The molecule has 0 radical (unpaired) electrons. The van der Waals surface area contributed by atoms with Crippen molar-refractivity contribution in [1.82, 2.24) is 5.32 Å². The van der Waals surface area contributed by atoms with Gasteiger partial charge in [0.25, 0.3) is 5.91 Å². The quantitative estimate of drug-likeness (QED) is 0.375. The predicted molar refractivity (Wildman–Crippen MR) is 120 cm³/mol. The van der Waals surface area contributed by atoms with E-state index in [-0.39, 0.29) is 41.2 Å². The van der Waals surface area contributed by atoms with E-state index in [1.807, 2.05) is 0 Å². The molecule has 3 N–H and O–H groups in total. The number of methoxy groups -OCH3 is 2. The third-order valence-corrected chi connectivity index (χ3v) is 5.17. The zero-order valence-corrected chi connectivity index (χ0v) is 19.7. The van der Waals surface area contributed by atoms with E-state index in [0.717, 1.165) is 31.3 Å². The lowest BCUT2D eigenvalue weighted by molar-refractivity contribution is -0.153. The number of rotatable bonds is 9. The minimum absolute atomic E-state index is 0.149. The van der Waals surface area contributed by atoms with Crippen LogP contribution in [0.2, 0.25) is 0 Å². The Labute approximate surface area is 200 Å². The van der Waals surface area contributed by atoms with E-state index >= 15 is 0 Å². The average molecular weight is 491 g/mol. The summed E-state index contributed by atoms with van der Waals surface area (Å²) >= 11 is 0. The summed E-state index contributed by atoms with van der Waals surface area (Å²) in [4.78, 5) is 63.1. The van der Waals surface area contributed by atoms with Gasteiger partial charge in [-0.05, 0) is 38.1 Å². The average Bonchev–Trinajstić information content (AvgIpc) is 2.82. The maximum absolute atomic E-state index is 13.3. The molecule has 1 aliphatic heterocycles. The Morgan fingerprint density at radius 2 is 1.49 bits per heavy atom. The van der Waals surface area contributed by atoms with E-state index in [4.69, 9.17) is 19.9 Å². The third-order valence-electron chi connectivity index (χ3n) is 5.17. The van der Waals surface area contributed by atoms with Gasteiger partial charge in [-0.2, -0.15) is 0 Å². The minimum atomic E-state index is -1.52. The molecule has 188 valence electrons. The highest BCUT2D eigenvalue weighted by Crippen LogP contribution is 2.32. The summed E-state index contributed by atoms with van der Waals surface area (Å²) in [5, 5.41) is 2.83. The molecule has 2 rings (SSSR count).